The molecule has 144 valence electrons. The fourth-order valence-corrected chi connectivity index (χ4v) is 4.07. The Morgan fingerprint density at radius 3 is 2.46 bits per heavy atom. The summed E-state index contributed by atoms with van der Waals surface area (Å²) in [5.41, 5.74) is 2.38. The average molecular weight is 374 g/mol. The van der Waals surface area contributed by atoms with Crippen LogP contribution in [0.1, 0.15) is 25.5 Å². The minimum Gasteiger partial charge on any atom is -0.365 e. The number of amides is 2. The molecule has 28 heavy (non-hydrogen) atoms. The van der Waals surface area contributed by atoms with Gasteiger partial charge in [-0.15, -0.1) is 0 Å². The summed E-state index contributed by atoms with van der Waals surface area (Å²) in [6, 6.07) is 25.4. The van der Waals surface area contributed by atoms with Gasteiger partial charge in [-0.2, -0.15) is 0 Å². The first-order valence-corrected chi connectivity index (χ1v) is 10.0. The summed E-state index contributed by atoms with van der Waals surface area (Å²) in [5, 5.41) is 5.57. The molecule has 4 rings (SSSR count). The maximum absolute atomic E-state index is 12.7. The third-order valence-corrected chi connectivity index (χ3v) is 5.65. The van der Waals surface area contributed by atoms with E-state index in [1.165, 1.54) is 16.5 Å². The summed E-state index contributed by atoms with van der Waals surface area (Å²) in [6.07, 6.45) is 0. The van der Waals surface area contributed by atoms with Gasteiger partial charge in [-0.25, -0.2) is 4.79 Å². The molecule has 4 heteroatoms. The molecule has 0 aromatic heterocycles. The number of hydrogen-bond donors (Lipinski definition) is 1. The van der Waals surface area contributed by atoms with Crippen LogP contribution < -0.4 is 10.2 Å². The van der Waals surface area contributed by atoms with Crippen LogP contribution in [0.5, 0.6) is 0 Å². The van der Waals surface area contributed by atoms with Crippen molar-refractivity contribution in [3.8, 4) is 0 Å². The first kappa shape index (κ1) is 18.4. The third-order valence-electron chi connectivity index (χ3n) is 5.65. The number of nitrogens with one attached hydrogen (secondary N) is 1. The van der Waals surface area contributed by atoms with Gasteiger partial charge >= 0.3 is 6.03 Å². The number of likely N-dealkylation sites (N-methyl/N-ethyl adjacent to an activating group) is 1. The van der Waals surface area contributed by atoms with Crippen LogP contribution in [0.15, 0.2) is 72.8 Å². The molecule has 1 unspecified atom stereocenters. The summed E-state index contributed by atoms with van der Waals surface area (Å²) in [7, 11) is 0. The summed E-state index contributed by atoms with van der Waals surface area (Å²) < 4.78 is 0. The second-order valence-electron chi connectivity index (χ2n) is 7.42. The summed E-state index contributed by atoms with van der Waals surface area (Å²) >= 11 is 0. The van der Waals surface area contributed by atoms with E-state index in [0.29, 0.717) is 6.04 Å². The van der Waals surface area contributed by atoms with Gasteiger partial charge in [0.15, 0.2) is 0 Å². The van der Waals surface area contributed by atoms with E-state index in [9.17, 15) is 4.79 Å². The van der Waals surface area contributed by atoms with E-state index in [0.717, 1.165) is 25.2 Å². The number of rotatable bonds is 5. The topological polar surface area (TPSA) is 35.6 Å². The van der Waals surface area contributed by atoms with Crippen LogP contribution in [0.2, 0.25) is 0 Å². The molecular weight excluding hydrogens is 346 g/mol. The quantitative estimate of drug-likeness (QED) is 0.696. The molecule has 1 aliphatic heterocycles. The van der Waals surface area contributed by atoms with E-state index in [1.54, 1.807) is 0 Å². The monoisotopic (exact) mass is 373 g/mol. The van der Waals surface area contributed by atoms with Gasteiger partial charge in [0, 0.05) is 25.3 Å². The highest BCUT2D eigenvalue weighted by Crippen LogP contribution is 2.26. The summed E-state index contributed by atoms with van der Waals surface area (Å²) in [6.45, 7) is 6.68. The maximum atomic E-state index is 12.7. The molecule has 1 atom stereocenters. The SMILES string of the molecule is CCN(c1ccccc1)C1CN(C(=O)NC(C)c2cccc3ccccc23)C1. The smallest absolute Gasteiger partial charge is 0.318 e. The largest absolute Gasteiger partial charge is 0.365 e. The summed E-state index contributed by atoms with van der Waals surface area (Å²) in [5.74, 6) is 0. The third kappa shape index (κ3) is 3.55. The fraction of sp³-hybridized carbons (Fsp3) is 0.292. The first-order valence-electron chi connectivity index (χ1n) is 10.0. The van der Waals surface area contributed by atoms with Crippen LogP contribution in [-0.4, -0.2) is 36.6 Å². The Kier molecular flexibility index (Phi) is 5.20. The van der Waals surface area contributed by atoms with Crippen LogP contribution in [0, 0.1) is 0 Å². The van der Waals surface area contributed by atoms with Crippen molar-refractivity contribution in [1.29, 1.82) is 0 Å². The van der Waals surface area contributed by atoms with Gasteiger partial charge in [0.1, 0.15) is 0 Å². The molecule has 0 spiro atoms. The van der Waals surface area contributed by atoms with Crippen molar-refractivity contribution in [3.05, 3.63) is 78.4 Å². The van der Waals surface area contributed by atoms with Crippen molar-refractivity contribution in [3.63, 3.8) is 0 Å². The second-order valence-corrected chi connectivity index (χ2v) is 7.42. The number of hydrogen-bond acceptors (Lipinski definition) is 2. The lowest BCUT2D eigenvalue weighted by Crippen LogP contribution is -2.63. The van der Waals surface area contributed by atoms with Crippen LogP contribution in [-0.2, 0) is 0 Å². The molecule has 3 aromatic rings. The van der Waals surface area contributed by atoms with Gasteiger partial charge in [-0.05, 0) is 42.3 Å². The van der Waals surface area contributed by atoms with Crippen LogP contribution in [0.4, 0.5) is 10.5 Å². The number of para-hydroxylation sites is 1. The molecule has 1 fully saturated rings. The predicted octanol–water partition coefficient (Wildman–Crippen LogP) is 4.82. The second kappa shape index (κ2) is 7.93. The maximum Gasteiger partial charge on any atom is 0.318 e. The molecular formula is C24H27N3O. The Balaban J connectivity index is 1.39. The lowest BCUT2D eigenvalue weighted by Gasteiger charge is -2.46. The van der Waals surface area contributed by atoms with Crippen LogP contribution in [0.25, 0.3) is 10.8 Å². The fourth-order valence-electron chi connectivity index (χ4n) is 4.07. The molecule has 1 aliphatic rings. The molecule has 0 aliphatic carbocycles. The average Bonchev–Trinajstić information content (AvgIpc) is 2.70. The molecule has 0 bridgehead atoms. The number of benzene rings is 3. The Bertz CT molecular complexity index is 945. The summed E-state index contributed by atoms with van der Waals surface area (Å²) in [4.78, 5) is 17.0. The highest BCUT2D eigenvalue weighted by Gasteiger charge is 2.35. The zero-order valence-corrected chi connectivity index (χ0v) is 16.5. The molecule has 1 N–H and O–H groups in total. The van der Waals surface area contributed by atoms with E-state index < -0.39 is 0 Å². The van der Waals surface area contributed by atoms with E-state index in [-0.39, 0.29) is 12.1 Å². The van der Waals surface area contributed by atoms with Crippen molar-refractivity contribution in [1.82, 2.24) is 10.2 Å². The standard InChI is InChI=1S/C24H27N3O/c1-3-27(20-12-5-4-6-13-20)21-16-26(17-21)24(28)25-18(2)22-15-9-11-19-10-7-8-14-23(19)22/h4-15,18,21H,3,16-17H2,1-2H3,(H,25,28). The number of likely N-dealkylation sites (tertiary alicyclic amines) is 1. The Morgan fingerprint density at radius 2 is 1.71 bits per heavy atom. The number of anilines is 1. The van der Waals surface area contributed by atoms with Crippen molar-refractivity contribution >= 4 is 22.5 Å². The van der Waals surface area contributed by atoms with Gasteiger partial charge in [-0.3, -0.25) is 0 Å². The Labute approximate surface area is 166 Å². The van der Waals surface area contributed by atoms with Crippen molar-refractivity contribution in [2.75, 3.05) is 24.5 Å². The van der Waals surface area contributed by atoms with Gasteiger partial charge in [0.05, 0.1) is 12.1 Å². The van der Waals surface area contributed by atoms with Crippen LogP contribution >= 0.6 is 0 Å². The number of fused-ring (bicyclic) bond motifs is 1. The van der Waals surface area contributed by atoms with Gasteiger partial charge in [0.2, 0.25) is 0 Å². The van der Waals surface area contributed by atoms with E-state index in [1.807, 2.05) is 23.1 Å². The zero-order valence-electron chi connectivity index (χ0n) is 16.5. The molecule has 2 amide bonds. The number of carbonyl (C=O) groups excluding carboxylic acids is 1. The van der Waals surface area contributed by atoms with Crippen molar-refractivity contribution in [2.24, 2.45) is 0 Å². The predicted molar refractivity (Wildman–Crippen MR) is 116 cm³/mol. The molecule has 0 radical (unpaired) electrons. The highest BCUT2D eigenvalue weighted by molar-refractivity contribution is 5.86. The number of carbonyl (C=O) groups is 1. The van der Waals surface area contributed by atoms with E-state index >= 15 is 0 Å². The molecule has 0 saturated carbocycles. The van der Waals surface area contributed by atoms with Gasteiger partial charge in [0.25, 0.3) is 0 Å². The van der Waals surface area contributed by atoms with E-state index in [4.69, 9.17) is 0 Å². The van der Waals surface area contributed by atoms with E-state index in [2.05, 4.69) is 78.7 Å². The normalized spacial score (nSPS) is 15.1. The minimum absolute atomic E-state index is 0.0146. The lowest BCUT2D eigenvalue weighted by molar-refractivity contribution is 0.146. The minimum atomic E-state index is -0.0333. The molecule has 4 nitrogen and oxygen atoms in total. The molecule has 1 heterocycles. The highest BCUT2D eigenvalue weighted by atomic mass is 16.2. The first-order chi connectivity index (χ1) is 13.7. The van der Waals surface area contributed by atoms with Crippen LogP contribution in [0.3, 0.4) is 0 Å². The molecule has 3 aromatic carbocycles. The Morgan fingerprint density at radius 1 is 1.04 bits per heavy atom. The zero-order chi connectivity index (χ0) is 19.5. The molecule has 1 saturated heterocycles. The number of nitrogens with zero attached hydrogens (tertiary/aromatic N) is 2. The van der Waals surface area contributed by atoms with Crippen molar-refractivity contribution < 1.29 is 4.79 Å². The number of urea groups is 1. The van der Waals surface area contributed by atoms with Gasteiger partial charge < -0.3 is 15.1 Å². The lowest BCUT2D eigenvalue weighted by atomic mass is 9.99. The van der Waals surface area contributed by atoms with Crippen molar-refractivity contribution in [2.45, 2.75) is 25.9 Å². The Hall–Kier alpha value is -3.01. The van der Waals surface area contributed by atoms with Gasteiger partial charge in [-0.1, -0.05) is 60.7 Å².